The van der Waals surface area contributed by atoms with Gasteiger partial charge < -0.3 is 14.7 Å². The van der Waals surface area contributed by atoms with E-state index in [1.807, 2.05) is 6.92 Å². The van der Waals surface area contributed by atoms with Gasteiger partial charge in [0.15, 0.2) is 0 Å². The Morgan fingerprint density at radius 2 is 1.96 bits per heavy atom. The van der Waals surface area contributed by atoms with E-state index in [1.165, 1.54) is 6.42 Å². The van der Waals surface area contributed by atoms with Gasteiger partial charge in [0.1, 0.15) is 5.69 Å². The summed E-state index contributed by atoms with van der Waals surface area (Å²) in [5.74, 6) is 1.22. The standard InChI is InChI=1S/C17H25N5O2/c1-13-4-3-5-22(11-13)17-18-14(2)10-15(19-17)16(24)21-8-6-20(12-23)7-9-21/h10,12-13H,3-9,11H2,1-2H3. The molecule has 2 amide bonds. The highest BCUT2D eigenvalue weighted by atomic mass is 16.2. The number of hydrogen-bond donors (Lipinski definition) is 0. The molecule has 3 heterocycles. The molecule has 2 aliphatic rings. The van der Waals surface area contributed by atoms with Crippen LogP contribution in [-0.4, -0.2) is 71.4 Å². The third-order valence-electron chi connectivity index (χ3n) is 4.75. The first kappa shape index (κ1) is 16.7. The summed E-state index contributed by atoms with van der Waals surface area (Å²) >= 11 is 0. The smallest absolute Gasteiger partial charge is 0.272 e. The first-order chi connectivity index (χ1) is 11.6. The van der Waals surface area contributed by atoms with E-state index in [0.29, 0.717) is 43.7 Å². The molecule has 0 spiro atoms. The predicted octanol–water partition coefficient (Wildman–Crippen LogP) is 0.936. The summed E-state index contributed by atoms with van der Waals surface area (Å²) in [4.78, 5) is 38.3. The molecular formula is C17H25N5O2. The summed E-state index contributed by atoms with van der Waals surface area (Å²) in [6.45, 7) is 8.29. The van der Waals surface area contributed by atoms with Crippen molar-refractivity contribution in [3.8, 4) is 0 Å². The number of piperidine rings is 1. The molecule has 0 radical (unpaired) electrons. The predicted molar refractivity (Wildman–Crippen MR) is 90.9 cm³/mol. The Bertz CT molecular complexity index is 613. The third-order valence-corrected chi connectivity index (χ3v) is 4.75. The molecule has 7 nitrogen and oxygen atoms in total. The molecule has 0 aromatic carbocycles. The van der Waals surface area contributed by atoms with E-state index in [-0.39, 0.29) is 5.91 Å². The Morgan fingerprint density at radius 1 is 1.21 bits per heavy atom. The van der Waals surface area contributed by atoms with E-state index in [1.54, 1.807) is 15.9 Å². The van der Waals surface area contributed by atoms with Crippen LogP contribution in [-0.2, 0) is 4.79 Å². The third kappa shape index (κ3) is 3.66. The summed E-state index contributed by atoms with van der Waals surface area (Å²) in [5.41, 5.74) is 1.27. The fourth-order valence-corrected chi connectivity index (χ4v) is 3.37. The number of piperazine rings is 1. The molecule has 0 saturated carbocycles. The lowest BCUT2D eigenvalue weighted by molar-refractivity contribution is -0.119. The summed E-state index contributed by atoms with van der Waals surface area (Å²) < 4.78 is 0. The number of nitrogens with zero attached hydrogens (tertiary/aromatic N) is 5. The van der Waals surface area contributed by atoms with Crippen molar-refractivity contribution in [2.24, 2.45) is 5.92 Å². The van der Waals surface area contributed by atoms with E-state index in [0.717, 1.165) is 31.6 Å². The summed E-state index contributed by atoms with van der Waals surface area (Å²) in [5, 5.41) is 0. The Hall–Kier alpha value is -2.18. The van der Waals surface area contributed by atoms with Gasteiger partial charge in [-0.1, -0.05) is 6.92 Å². The minimum atomic E-state index is -0.0719. The summed E-state index contributed by atoms with van der Waals surface area (Å²) in [6, 6.07) is 1.76. The molecule has 0 N–H and O–H groups in total. The van der Waals surface area contributed by atoms with Crippen LogP contribution in [0.25, 0.3) is 0 Å². The lowest BCUT2D eigenvalue weighted by atomic mass is 10.0. The number of aryl methyl sites for hydroxylation is 1. The average Bonchev–Trinajstić information content (AvgIpc) is 2.60. The van der Waals surface area contributed by atoms with E-state index >= 15 is 0 Å². The Balaban J connectivity index is 1.76. The van der Waals surface area contributed by atoms with Crippen LogP contribution in [0.3, 0.4) is 0 Å². The SMILES string of the molecule is Cc1cc(C(=O)N2CCN(C=O)CC2)nc(N2CCCC(C)C2)n1. The molecule has 130 valence electrons. The number of carbonyl (C=O) groups is 2. The van der Waals surface area contributed by atoms with Gasteiger partial charge in [-0.05, 0) is 31.7 Å². The van der Waals surface area contributed by atoms with Gasteiger partial charge in [-0.3, -0.25) is 9.59 Å². The Labute approximate surface area is 142 Å². The Morgan fingerprint density at radius 3 is 2.62 bits per heavy atom. The number of rotatable bonds is 3. The van der Waals surface area contributed by atoms with E-state index in [2.05, 4.69) is 21.8 Å². The number of carbonyl (C=O) groups excluding carboxylic acids is 2. The monoisotopic (exact) mass is 331 g/mol. The van der Waals surface area contributed by atoms with Crippen LogP contribution in [0.2, 0.25) is 0 Å². The van der Waals surface area contributed by atoms with Crippen molar-refractivity contribution in [1.82, 2.24) is 19.8 Å². The highest BCUT2D eigenvalue weighted by molar-refractivity contribution is 5.92. The van der Waals surface area contributed by atoms with Crippen LogP contribution in [0.4, 0.5) is 5.95 Å². The molecule has 0 aliphatic carbocycles. The molecule has 1 atom stereocenters. The molecule has 7 heteroatoms. The zero-order chi connectivity index (χ0) is 17.1. The normalized spacial score (nSPS) is 21.8. The fraction of sp³-hybridized carbons (Fsp3) is 0.647. The van der Waals surface area contributed by atoms with Gasteiger partial charge in [-0.15, -0.1) is 0 Å². The zero-order valence-electron chi connectivity index (χ0n) is 14.4. The highest BCUT2D eigenvalue weighted by Gasteiger charge is 2.25. The molecule has 2 aliphatic heterocycles. The van der Waals surface area contributed by atoms with Crippen LogP contribution >= 0.6 is 0 Å². The number of hydrogen-bond acceptors (Lipinski definition) is 5. The van der Waals surface area contributed by atoms with Crippen LogP contribution in [0.5, 0.6) is 0 Å². The fourth-order valence-electron chi connectivity index (χ4n) is 3.37. The second kappa shape index (κ2) is 7.15. The van der Waals surface area contributed by atoms with Gasteiger partial charge in [0.2, 0.25) is 12.4 Å². The average molecular weight is 331 g/mol. The molecule has 1 unspecified atom stereocenters. The highest BCUT2D eigenvalue weighted by Crippen LogP contribution is 2.21. The van der Waals surface area contributed by atoms with Crippen molar-refractivity contribution in [2.75, 3.05) is 44.2 Å². The summed E-state index contributed by atoms with van der Waals surface area (Å²) in [7, 11) is 0. The lowest BCUT2D eigenvalue weighted by Gasteiger charge is -2.33. The van der Waals surface area contributed by atoms with Crippen LogP contribution in [0.15, 0.2) is 6.07 Å². The molecule has 0 bridgehead atoms. The molecule has 2 fully saturated rings. The molecule has 1 aromatic rings. The van der Waals surface area contributed by atoms with Gasteiger partial charge in [0.25, 0.3) is 5.91 Å². The number of aromatic nitrogens is 2. The van der Waals surface area contributed by atoms with Gasteiger partial charge in [0, 0.05) is 45.0 Å². The summed E-state index contributed by atoms with van der Waals surface area (Å²) in [6.07, 6.45) is 3.21. The maximum atomic E-state index is 12.8. The van der Waals surface area contributed by atoms with Crippen LogP contribution < -0.4 is 4.90 Å². The van der Waals surface area contributed by atoms with Crippen molar-refractivity contribution in [2.45, 2.75) is 26.7 Å². The van der Waals surface area contributed by atoms with Gasteiger partial charge >= 0.3 is 0 Å². The van der Waals surface area contributed by atoms with Crippen molar-refractivity contribution in [3.05, 3.63) is 17.5 Å². The van der Waals surface area contributed by atoms with Gasteiger partial charge in [0.05, 0.1) is 0 Å². The topological polar surface area (TPSA) is 69.6 Å². The minimum absolute atomic E-state index is 0.0719. The molecule has 1 aromatic heterocycles. The minimum Gasteiger partial charge on any atom is -0.342 e. The van der Waals surface area contributed by atoms with E-state index in [9.17, 15) is 9.59 Å². The largest absolute Gasteiger partial charge is 0.342 e. The van der Waals surface area contributed by atoms with Gasteiger partial charge in [-0.25, -0.2) is 9.97 Å². The first-order valence-corrected chi connectivity index (χ1v) is 8.66. The second-order valence-corrected chi connectivity index (χ2v) is 6.82. The zero-order valence-corrected chi connectivity index (χ0v) is 14.4. The van der Waals surface area contributed by atoms with Crippen LogP contribution in [0.1, 0.15) is 35.9 Å². The first-order valence-electron chi connectivity index (χ1n) is 8.66. The molecule has 24 heavy (non-hydrogen) atoms. The van der Waals surface area contributed by atoms with Crippen molar-refractivity contribution >= 4 is 18.3 Å². The quantitative estimate of drug-likeness (QED) is 0.771. The van der Waals surface area contributed by atoms with E-state index < -0.39 is 0 Å². The van der Waals surface area contributed by atoms with Crippen LogP contribution in [0, 0.1) is 12.8 Å². The van der Waals surface area contributed by atoms with Crippen molar-refractivity contribution < 1.29 is 9.59 Å². The maximum absolute atomic E-state index is 12.8. The lowest BCUT2D eigenvalue weighted by Crippen LogP contribution is -2.48. The van der Waals surface area contributed by atoms with Crippen molar-refractivity contribution in [1.29, 1.82) is 0 Å². The second-order valence-electron chi connectivity index (χ2n) is 6.82. The van der Waals surface area contributed by atoms with Gasteiger partial charge in [-0.2, -0.15) is 0 Å². The molecule has 2 saturated heterocycles. The molecular weight excluding hydrogens is 306 g/mol. The van der Waals surface area contributed by atoms with E-state index in [4.69, 9.17) is 0 Å². The number of amides is 2. The van der Waals surface area contributed by atoms with Crippen molar-refractivity contribution in [3.63, 3.8) is 0 Å². The maximum Gasteiger partial charge on any atom is 0.272 e. The molecule has 3 rings (SSSR count). The Kier molecular flexibility index (Phi) is 4.97. The number of anilines is 1.